The lowest BCUT2D eigenvalue weighted by Gasteiger charge is -2.29. The Kier molecular flexibility index (Phi) is 2.71. The Morgan fingerprint density at radius 1 is 1.33 bits per heavy atom. The van der Waals surface area contributed by atoms with E-state index in [-0.39, 0.29) is 0 Å². The monoisotopic (exact) mass is 263 g/mol. The maximum atomic E-state index is 4.87. The summed E-state index contributed by atoms with van der Waals surface area (Å²) in [4.78, 5) is 9.01. The highest BCUT2D eigenvalue weighted by Gasteiger charge is 2.39. The molecule has 2 aliphatic heterocycles. The van der Waals surface area contributed by atoms with Gasteiger partial charge in [-0.15, -0.1) is 11.3 Å². The highest BCUT2D eigenvalue weighted by atomic mass is 32.1. The topological polar surface area (TPSA) is 28.2 Å². The number of aromatic nitrogens is 1. The van der Waals surface area contributed by atoms with Crippen molar-refractivity contribution in [2.45, 2.75) is 50.7 Å². The summed E-state index contributed by atoms with van der Waals surface area (Å²) in [6, 6.07) is 1.44. The molecule has 1 N–H and O–H groups in total. The minimum absolute atomic E-state index is 0.674. The number of likely N-dealkylation sites (N-methyl/N-ethyl adjacent to an activating group) is 1. The molecule has 18 heavy (non-hydrogen) atoms. The molecule has 1 aromatic heterocycles. The number of nitrogens with one attached hydrogen (secondary N) is 1. The molecule has 98 valence electrons. The van der Waals surface area contributed by atoms with Gasteiger partial charge in [-0.05, 0) is 45.2 Å². The molecule has 4 rings (SSSR count). The van der Waals surface area contributed by atoms with Crippen LogP contribution in [0.3, 0.4) is 0 Å². The van der Waals surface area contributed by atoms with Crippen molar-refractivity contribution < 1.29 is 0 Å². The maximum absolute atomic E-state index is 4.87. The lowest BCUT2D eigenvalue weighted by atomic mass is 10.1. The number of rotatable bonds is 4. The van der Waals surface area contributed by atoms with E-state index in [9.17, 15) is 0 Å². The Morgan fingerprint density at radius 3 is 3.06 bits per heavy atom. The van der Waals surface area contributed by atoms with Crippen molar-refractivity contribution in [1.29, 1.82) is 0 Å². The van der Waals surface area contributed by atoms with Gasteiger partial charge in [0, 0.05) is 29.9 Å². The molecule has 1 saturated heterocycles. The molecule has 0 aromatic carbocycles. The lowest BCUT2D eigenvalue weighted by molar-refractivity contribution is 0.226. The molecular formula is C14H21N3S. The molecule has 1 aliphatic carbocycles. The van der Waals surface area contributed by atoms with Gasteiger partial charge in [0.1, 0.15) is 5.01 Å². The van der Waals surface area contributed by atoms with Crippen molar-refractivity contribution >= 4 is 11.3 Å². The van der Waals surface area contributed by atoms with E-state index in [1.165, 1.54) is 49.4 Å². The van der Waals surface area contributed by atoms with Crippen molar-refractivity contribution in [3.8, 4) is 0 Å². The standard InChI is InChI=1S/C14H21N3S/c1-17-10-4-5-12(17)14-11(6-10)16-13(18-14)8-15-7-9-2-3-9/h9-10,12,15H,2-8H2,1H3. The van der Waals surface area contributed by atoms with Crippen molar-refractivity contribution in [1.82, 2.24) is 15.2 Å². The SMILES string of the molecule is CN1C2CCC1c1sc(CNCC3CC3)nc1C2. The highest BCUT2D eigenvalue weighted by molar-refractivity contribution is 7.11. The Morgan fingerprint density at radius 2 is 2.22 bits per heavy atom. The van der Waals surface area contributed by atoms with E-state index < -0.39 is 0 Å². The summed E-state index contributed by atoms with van der Waals surface area (Å²) in [5.41, 5.74) is 1.41. The van der Waals surface area contributed by atoms with Crippen LogP contribution in [0.15, 0.2) is 0 Å². The van der Waals surface area contributed by atoms with E-state index in [4.69, 9.17) is 4.98 Å². The van der Waals surface area contributed by atoms with Gasteiger partial charge in [0.25, 0.3) is 0 Å². The predicted molar refractivity (Wildman–Crippen MR) is 73.8 cm³/mol. The second-order valence-electron chi connectivity index (χ2n) is 6.11. The minimum atomic E-state index is 0.674. The van der Waals surface area contributed by atoms with Crippen LogP contribution in [0.5, 0.6) is 0 Å². The molecule has 0 spiro atoms. The fraction of sp³-hybridized carbons (Fsp3) is 0.786. The molecule has 2 bridgehead atoms. The van der Waals surface area contributed by atoms with E-state index in [0.717, 1.165) is 18.5 Å². The van der Waals surface area contributed by atoms with E-state index in [1.807, 2.05) is 11.3 Å². The van der Waals surface area contributed by atoms with Crippen molar-refractivity contribution in [2.24, 2.45) is 5.92 Å². The third kappa shape index (κ3) is 1.91. The summed E-state index contributed by atoms with van der Waals surface area (Å²) < 4.78 is 0. The van der Waals surface area contributed by atoms with Gasteiger partial charge in [0.15, 0.2) is 0 Å². The number of thiazole rings is 1. The Hall–Kier alpha value is -0.450. The first-order valence-corrected chi connectivity index (χ1v) is 8.04. The number of fused-ring (bicyclic) bond motifs is 4. The maximum Gasteiger partial charge on any atom is 0.107 e. The first-order chi connectivity index (χ1) is 8.81. The second kappa shape index (κ2) is 4.29. The first-order valence-electron chi connectivity index (χ1n) is 7.22. The van der Waals surface area contributed by atoms with Gasteiger partial charge in [0.2, 0.25) is 0 Å². The van der Waals surface area contributed by atoms with Gasteiger partial charge in [-0.1, -0.05) is 0 Å². The molecule has 3 aliphatic rings. The van der Waals surface area contributed by atoms with Crippen molar-refractivity contribution in [3.05, 3.63) is 15.6 Å². The van der Waals surface area contributed by atoms with Gasteiger partial charge in [-0.25, -0.2) is 4.98 Å². The normalized spacial score (nSPS) is 30.7. The van der Waals surface area contributed by atoms with Crippen LogP contribution in [0, 0.1) is 5.92 Å². The molecule has 2 unspecified atom stereocenters. The quantitative estimate of drug-likeness (QED) is 0.903. The summed E-state index contributed by atoms with van der Waals surface area (Å²) in [6.45, 7) is 2.17. The van der Waals surface area contributed by atoms with Crippen LogP contribution in [-0.2, 0) is 13.0 Å². The average molecular weight is 263 g/mol. The molecule has 3 heterocycles. The van der Waals surface area contributed by atoms with Crippen LogP contribution in [0.25, 0.3) is 0 Å². The van der Waals surface area contributed by atoms with E-state index in [0.29, 0.717) is 6.04 Å². The molecule has 2 atom stereocenters. The van der Waals surface area contributed by atoms with Gasteiger partial charge in [0.05, 0.1) is 5.69 Å². The van der Waals surface area contributed by atoms with Gasteiger partial charge < -0.3 is 5.32 Å². The first kappa shape index (κ1) is 11.4. The highest BCUT2D eigenvalue weighted by Crippen LogP contribution is 2.44. The van der Waals surface area contributed by atoms with Crippen LogP contribution in [0.4, 0.5) is 0 Å². The zero-order valence-electron chi connectivity index (χ0n) is 11.0. The number of hydrogen-bond acceptors (Lipinski definition) is 4. The smallest absolute Gasteiger partial charge is 0.107 e. The van der Waals surface area contributed by atoms with Gasteiger partial charge >= 0.3 is 0 Å². The third-order valence-electron chi connectivity index (χ3n) is 4.75. The Balaban J connectivity index is 1.47. The lowest BCUT2D eigenvalue weighted by Crippen LogP contribution is -2.33. The van der Waals surface area contributed by atoms with Crippen LogP contribution < -0.4 is 5.32 Å². The van der Waals surface area contributed by atoms with Crippen LogP contribution in [-0.4, -0.2) is 29.5 Å². The van der Waals surface area contributed by atoms with Gasteiger partial charge in [-0.3, -0.25) is 4.90 Å². The third-order valence-corrected chi connectivity index (χ3v) is 5.95. The second-order valence-corrected chi connectivity index (χ2v) is 7.22. The van der Waals surface area contributed by atoms with Gasteiger partial charge in [-0.2, -0.15) is 0 Å². The fourth-order valence-electron chi connectivity index (χ4n) is 3.40. The summed E-state index contributed by atoms with van der Waals surface area (Å²) >= 11 is 1.96. The van der Waals surface area contributed by atoms with Crippen molar-refractivity contribution in [2.75, 3.05) is 13.6 Å². The van der Waals surface area contributed by atoms with E-state index >= 15 is 0 Å². The molecule has 1 aromatic rings. The molecular weight excluding hydrogens is 242 g/mol. The molecule has 0 amide bonds. The Labute approximate surface area is 113 Å². The molecule has 3 nitrogen and oxygen atoms in total. The molecule has 2 fully saturated rings. The minimum Gasteiger partial charge on any atom is -0.310 e. The zero-order valence-corrected chi connectivity index (χ0v) is 11.8. The average Bonchev–Trinajstić information content (AvgIpc) is 3.04. The Bertz CT molecular complexity index is 452. The summed E-state index contributed by atoms with van der Waals surface area (Å²) in [5.74, 6) is 0.960. The van der Waals surface area contributed by atoms with E-state index in [2.05, 4.69) is 17.3 Å². The summed E-state index contributed by atoms with van der Waals surface area (Å²) in [6.07, 6.45) is 6.73. The molecule has 1 saturated carbocycles. The molecule has 4 heteroatoms. The summed E-state index contributed by atoms with van der Waals surface area (Å²) in [5, 5.41) is 4.87. The molecule has 0 radical (unpaired) electrons. The van der Waals surface area contributed by atoms with Crippen LogP contribution in [0.1, 0.15) is 47.3 Å². The largest absolute Gasteiger partial charge is 0.310 e. The summed E-state index contributed by atoms with van der Waals surface area (Å²) in [7, 11) is 2.29. The van der Waals surface area contributed by atoms with E-state index in [1.54, 1.807) is 4.88 Å². The predicted octanol–water partition coefficient (Wildman–Crippen LogP) is 2.33. The van der Waals surface area contributed by atoms with Crippen molar-refractivity contribution in [3.63, 3.8) is 0 Å². The van der Waals surface area contributed by atoms with Crippen LogP contribution >= 0.6 is 11.3 Å². The number of nitrogens with zero attached hydrogens (tertiary/aromatic N) is 2. The number of hydrogen-bond donors (Lipinski definition) is 1. The fourth-order valence-corrected chi connectivity index (χ4v) is 4.65. The van der Waals surface area contributed by atoms with Crippen LogP contribution in [0.2, 0.25) is 0 Å². The zero-order chi connectivity index (χ0) is 12.1.